The number of hydrogen-bond donors (Lipinski definition) is 3. The number of nitrogens with zero attached hydrogens (tertiary/aromatic N) is 3. The minimum Gasteiger partial charge on any atom is -0.481 e. The summed E-state index contributed by atoms with van der Waals surface area (Å²) in [4.78, 5) is 30.6. The highest BCUT2D eigenvalue weighted by molar-refractivity contribution is 5.74. The molecule has 2 heterocycles. The van der Waals surface area contributed by atoms with E-state index in [0.29, 0.717) is 44.8 Å². The van der Waals surface area contributed by atoms with Gasteiger partial charge in [0.25, 0.3) is 0 Å². The molecule has 2 fully saturated rings. The summed E-state index contributed by atoms with van der Waals surface area (Å²) in [5.74, 6) is -0.272. The third-order valence-corrected chi connectivity index (χ3v) is 5.47. The average molecular weight is 379 g/mol. The molecule has 2 aliphatic rings. The molecule has 0 radical (unpaired) electrons. The number of nitro groups is 1. The molecule has 1 saturated heterocycles. The molecule has 0 unspecified atom stereocenters. The van der Waals surface area contributed by atoms with Gasteiger partial charge in [-0.25, -0.2) is 4.98 Å². The minimum absolute atomic E-state index is 0.0537. The van der Waals surface area contributed by atoms with E-state index in [2.05, 4.69) is 20.6 Å². The van der Waals surface area contributed by atoms with Gasteiger partial charge in [0.05, 0.1) is 10.3 Å². The van der Waals surface area contributed by atoms with Crippen molar-refractivity contribution < 1.29 is 19.6 Å². The van der Waals surface area contributed by atoms with Crippen LogP contribution in [0.1, 0.15) is 45.4 Å². The normalized spacial score (nSPS) is 26.3. The fraction of sp³-hybridized carbons (Fsp3) is 0.706. The highest BCUT2D eigenvalue weighted by Gasteiger charge is 2.38. The van der Waals surface area contributed by atoms with Gasteiger partial charge in [-0.1, -0.05) is 0 Å². The molecule has 1 saturated carbocycles. The van der Waals surface area contributed by atoms with Gasteiger partial charge in [-0.3, -0.25) is 14.9 Å². The Hall–Kier alpha value is -2.49. The molecule has 1 aliphatic carbocycles. The Morgan fingerprint density at radius 2 is 1.89 bits per heavy atom. The van der Waals surface area contributed by atoms with Crippen LogP contribution in [0.3, 0.4) is 0 Å². The van der Waals surface area contributed by atoms with E-state index in [1.54, 1.807) is 6.92 Å². The topological polar surface area (TPSA) is 140 Å². The van der Waals surface area contributed by atoms with Gasteiger partial charge in [-0.05, 0) is 45.4 Å². The molecule has 1 aliphatic heterocycles. The Kier molecular flexibility index (Phi) is 5.73. The number of rotatable bonds is 6. The summed E-state index contributed by atoms with van der Waals surface area (Å²) in [6, 6.07) is 0.126. The van der Waals surface area contributed by atoms with Crippen LogP contribution in [0.15, 0.2) is 6.20 Å². The maximum Gasteiger partial charge on any atom is 0.329 e. The van der Waals surface area contributed by atoms with Gasteiger partial charge in [0.15, 0.2) is 0 Å². The molecule has 3 rings (SSSR count). The van der Waals surface area contributed by atoms with Crippen LogP contribution in [0.25, 0.3) is 0 Å². The van der Waals surface area contributed by atoms with E-state index in [4.69, 9.17) is 4.74 Å². The van der Waals surface area contributed by atoms with E-state index in [9.17, 15) is 20.0 Å². The number of carboxylic acid groups (broad SMARTS) is 1. The van der Waals surface area contributed by atoms with Crippen LogP contribution < -0.4 is 10.6 Å². The van der Waals surface area contributed by atoms with Gasteiger partial charge in [0, 0.05) is 25.3 Å². The van der Waals surface area contributed by atoms with E-state index in [-0.39, 0.29) is 23.6 Å². The van der Waals surface area contributed by atoms with Crippen LogP contribution in [0.5, 0.6) is 0 Å². The zero-order valence-electron chi connectivity index (χ0n) is 15.3. The molecule has 1 aromatic rings. The fourth-order valence-electron chi connectivity index (χ4n) is 3.52. The SMILES string of the molecule is C[C@]1(C(=O)O)CC[C@@H](Nc2nc(NC3CCOCC3)ncc2[N+](=O)[O-])CC1. The first-order valence-corrected chi connectivity index (χ1v) is 9.23. The molecule has 3 N–H and O–H groups in total. The first-order chi connectivity index (χ1) is 12.9. The second kappa shape index (κ2) is 8.03. The first-order valence-electron chi connectivity index (χ1n) is 9.23. The van der Waals surface area contributed by atoms with Crippen molar-refractivity contribution in [1.29, 1.82) is 0 Å². The molecule has 1 aromatic heterocycles. The van der Waals surface area contributed by atoms with Crippen LogP contribution in [0.2, 0.25) is 0 Å². The quantitative estimate of drug-likeness (QED) is 0.502. The number of ether oxygens (including phenoxy) is 1. The van der Waals surface area contributed by atoms with Gasteiger partial charge in [-0.2, -0.15) is 4.98 Å². The molecule has 10 heteroatoms. The zero-order valence-corrected chi connectivity index (χ0v) is 15.3. The van der Waals surface area contributed by atoms with Crippen LogP contribution in [0.4, 0.5) is 17.5 Å². The van der Waals surface area contributed by atoms with Crippen molar-refractivity contribution in [3.05, 3.63) is 16.3 Å². The lowest BCUT2D eigenvalue weighted by atomic mass is 9.74. The maximum absolute atomic E-state index is 11.4. The highest BCUT2D eigenvalue weighted by atomic mass is 16.6. The highest BCUT2D eigenvalue weighted by Crippen LogP contribution is 2.37. The van der Waals surface area contributed by atoms with E-state index in [0.717, 1.165) is 12.8 Å². The summed E-state index contributed by atoms with van der Waals surface area (Å²) >= 11 is 0. The third-order valence-electron chi connectivity index (χ3n) is 5.47. The van der Waals surface area contributed by atoms with Crippen LogP contribution in [-0.2, 0) is 9.53 Å². The Balaban J connectivity index is 1.70. The molecular formula is C17H25N5O5. The van der Waals surface area contributed by atoms with Crippen molar-refractivity contribution in [2.24, 2.45) is 5.41 Å². The molecule has 0 atom stereocenters. The van der Waals surface area contributed by atoms with Crippen molar-refractivity contribution >= 4 is 23.4 Å². The molecule has 0 bridgehead atoms. The second-order valence-electron chi connectivity index (χ2n) is 7.50. The molecule has 10 nitrogen and oxygen atoms in total. The molecule has 0 spiro atoms. The largest absolute Gasteiger partial charge is 0.481 e. The van der Waals surface area contributed by atoms with Gasteiger partial charge in [0.1, 0.15) is 6.20 Å². The number of anilines is 2. The smallest absolute Gasteiger partial charge is 0.329 e. The monoisotopic (exact) mass is 379 g/mol. The van der Waals surface area contributed by atoms with Gasteiger partial charge in [0.2, 0.25) is 11.8 Å². The second-order valence-corrected chi connectivity index (χ2v) is 7.50. The van der Waals surface area contributed by atoms with Crippen molar-refractivity contribution in [3.8, 4) is 0 Å². The fourth-order valence-corrected chi connectivity index (χ4v) is 3.52. The molecule has 0 aromatic carbocycles. The van der Waals surface area contributed by atoms with Gasteiger partial charge in [-0.15, -0.1) is 0 Å². The lowest BCUT2D eigenvalue weighted by Gasteiger charge is -2.34. The summed E-state index contributed by atoms with van der Waals surface area (Å²) in [6.45, 7) is 3.08. The Morgan fingerprint density at radius 1 is 1.26 bits per heavy atom. The first kappa shape index (κ1) is 19.3. The van der Waals surface area contributed by atoms with E-state index in [1.165, 1.54) is 6.20 Å². The van der Waals surface area contributed by atoms with Crippen molar-refractivity contribution in [1.82, 2.24) is 9.97 Å². The standard InChI is InChI=1S/C17H25N5O5/c1-17(15(23)24)6-2-11(3-7-17)19-14-13(22(25)26)10-18-16(21-14)20-12-4-8-27-9-5-12/h10-12H,2-9H2,1H3,(H,23,24)(H2,18,19,20,21)/t11-,17+. The van der Waals surface area contributed by atoms with Crippen molar-refractivity contribution in [2.75, 3.05) is 23.8 Å². The Labute approximate surface area is 156 Å². The van der Waals surface area contributed by atoms with Crippen molar-refractivity contribution in [2.45, 2.75) is 57.5 Å². The third kappa shape index (κ3) is 4.62. The van der Waals surface area contributed by atoms with E-state index >= 15 is 0 Å². The molecule has 27 heavy (non-hydrogen) atoms. The number of aromatic nitrogens is 2. The summed E-state index contributed by atoms with van der Waals surface area (Å²) in [5.41, 5.74) is -0.912. The molecule has 0 amide bonds. The zero-order chi connectivity index (χ0) is 19.4. The molecule has 148 valence electrons. The van der Waals surface area contributed by atoms with Crippen LogP contribution in [0, 0.1) is 15.5 Å². The van der Waals surface area contributed by atoms with Crippen LogP contribution >= 0.6 is 0 Å². The number of hydrogen-bond acceptors (Lipinski definition) is 8. The summed E-state index contributed by atoms with van der Waals surface area (Å²) in [5, 5.41) is 27.0. The maximum atomic E-state index is 11.4. The Morgan fingerprint density at radius 3 is 2.48 bits per heavy atom. The Bertz CT molecular complexity index is 699. The number of carbonyl (C=O) groups is 1. The summed E-state index contributed by atoms with van der Waals surface area (Å²) in [6.07, 6.45) is 5.15. The van der Waals surface area contributed by atoms with E-state index in [1.807, 2.05) is 0 Å². The van der Waals surface area contributed by atoms with Gasteiger partial charge < -0.3 is 20.5 Å². The lowest BCUT2D eigenvalue weighted by Crippen LogP contribution is -2.37. The number of carboxylic acids is 1. The number of aliphatic carboxylic acids is 1. The summed E-state index contributed by atoms with van der Waals surface area (Å²) < 4.78 is 5.32. The number of nitrogens with one attached hydrogen (secondary N) is 2. The minimum atomic E-state index is -0.795. The predicted octanol–water partition coefficient (Wildman–Crippen LogP) is 2.42. The molecular weight excluding hydrogens is 354 g/mol. The average Bonchev–Trinajstić information content (AvgIpc) is 2.64. The lowest BCUT2D eigenvalue weighted by molar-refractivity contribution is -0.384. The van der Waals surface area contributed by atoms with Gasteiger partial charge >= 0.3 is 11.7 Å². The summed E-state index contributed by atoms with van der Waals surface area (Å²) in [7, 11) is 0. The predicted molar refractivity (Wildman–Crippen MR) is 97.8 cm³/mol. The van der Waals surface area contributed by atoms with E-state index < -0.39 is 16.3 Å². The van der Waals surface area contributed by atoms with Crippen LogP contribution in [-0.4, -0.2) is 51.3 Å². The van der Waals surface area contributed by atoms with Crippen molar-refractivity contribution in [3.63, 3.8) is 0 Å².